The van der Waals surface area contributed by atoms with Crippen LogP contribution in [0.1, 0.15) is 55.0 Å². The zero-order valence-electron chi connectivity index (χ0n) is 22.2. The highest BCUT2D eigenvalue weighted by Gasteiger charge is 2.34. The zero-order chi connectivity index (χ0) is 28.0. The summed E-state index contributed by atoms with van der Waals surface area (Å²) in [5, 5.41) is 24.1. The van der Waals surface area contributed by atoms with E-state index in [1.54, 1.807) is 12.1 Å². The van der Waals surface area contributed by atoms with Crippen molar-refractivity contribution in [2.75, 3.05) is 0 Å². The van der Waals surface area contributed by atoms with Crippen LogP contribution < -0.4 is 5.32 Å². The summed E-state index contributed by atoms with van der Waals surface area (Å²) in [5.74, 6) is -0.502. The minimum absolute atomic E-state index is 0.0236. The monoisotopic (exact) mass is 536 g/mol. The molecule has 1 unspecified atom stereocenters. The van der Waals surface area contributed by atoms with Gasteiger partial charge in [-0.1, -0.05) is 60.1 Å². The second-order valence-electron chi connectivity index (χ2n) is 10.4. The normalized spacial score (nSPS) is 13.6. The van der Waals surface area contributed by atoms with Gasteiger partial charge in [0, 0.05) is 29.2 Å². The van der Waals surface area contributed by atoms with E-state index >= 15 is 0 Å². The summed E-state index contributed by atoms with van der Waals surface area (Å²) in [7, 11) is 0. The van der Waals surface area contributed by atoms with Crippen LogP contribution in [0.3, 0.4) is 0 Å². The summed E-state index contributed by atoms with van der Waals surface area (Å²) in [5.41, 5.74) is 4.64. The van der Waals surface area contributed by atoms with E-state index in [-0.39, 0.29) is 18.0 Å². The Labute approximate surface area is 234 Å². The molecule has 0 fully saturated rings. The predicted molar refractivity (Wildman–Crippen MR) is 153 cm³/mol. The van der Waals surface area contributed by atoms with Gasteiger partial charge in [0.2, 0.25) is 5.95 Å². The number of hydrogen-bond donors (Lipinski definition) is 1. The molecular formula is C33H30ClFN4. The first kappa shape index (κ1) is 28.0. The smallest absolute Gasteiger partial charge is 0.213 e. The van der Waals surface area contributed by atoms with Crippen molar-refractivity contribution in [2.24, 2.45) is 5.41 Å². The average Bonchev–Trinajstić information content (AvgIpc) is 2.95. The lowest BCUT2D eigenvalue weighted by molar-refractivity contribution is 0.281. The van der Waals surface area contributed by atoms with Gasteiger partial charge in [-0.3, -0.25) is 0 Å². The van der Waals surface area contributed by atoms with E-state index in [2.05, 4.69) is 29.4 Å². The lowest BCUT2D eigenvalue weighted by Gasteiger charge is -2.36. The second-order valence-corrected chi connectivity index (χ2v) is 10.8. The number of nitriles is 2. The van der Waals surface area contributed by atoms with Crippen molar-refractivity contribution in [3.8, 4) is 23.3 Å². The Bertz CT molecular complexity index is 1500. The van der Waals surface area contributed by atoms with Crippen molar-refractivity contribution >= 4 is 11.6 Å². The molecule has 4 nitrogen and oxygen atoms in total. The molecule has 0 saturated carbocycles. The van der Waals surface area contributed by atoms with E-state index in [0.29, 0.717) is 10.6 Å². The number of halogens is 2. The molecule has 1 N–H and O–H groups in total. The first-order valence-corrected chi connectivity index (χ1v) is 13.2. The molecule has 0 spiro atoms. The molecule has 0 aliphatic heterocycles. The highest BCUT2D eigenvalue weighted by Crippen LogP contribution is 2.36. The summed E-state index contributed by atoms with van der Waals surface area (Å²) >= 11 is 6.13. The molecule has 0 radical (unpaired) electrons. The fourth-order valence-corrected chi connectivity index (χ4v) is 5.04. The van der Waals surface area contributed by atoms with Gasteiger partial charge in [-0.15, -0.1) is 0 Å². The molecule has 0 aliphatic rings. The van der Waals surface area contributed by atoms with Crippen molar-refractivity contribution in [3.63, 3.8) is 0 Å². The van der Waals surface area contributed by atoms with Crippen molar-refractivity contribution in [1.29, 1.82) is 10.5 Å². The summed E-state index contributed by atoms with van der Waals surface area (Å²) in [6, 6.07) is 30.9. The van der Waals surface area contributed by atoms with E-state index in [4.69, 9.17) is 11.6 Å². The van der Waals surface area contributed by atoms with Crippen LogP contribution >= 0.6 is 11.6 Å². The first-order valence-electron chi connectivity index (χ1n) is 12.8. The van der Waals surface area contributed by atoms with Crippen molar-refractivity contribution in [1.82, 2.24) is 10.3 Å². The van der Waals surface area contributed by atoms with E-state index in [0.717, 1.165) is 34.2 Å². The van der Waals surface area contributed by atoms with E-state index in [1.165, 1.54) is 12.3 Å². The Morgan fingerprint density at radius 3 is 2.28 bits per heavy atom. The third-order valence-corrected chi connectivity index (χ3v) is 7.41. The fraction of sp³-hybridized carbons (Fsp3) is 0.242. The maximum atomic E-state index is 13.7. The van der Waals surface area contributed by atoms with Crippen LogP contribution in [0, 0.1) is 34.0 Å². The van der Waals surface area contributed by atoms with Crippen molar-refractivity contribution in [3.05, 3.63) is 124 Å². The number of benzene rings is 3. The molecule has 4 rings (SSSR count). The van der Waals surface area contributed by atoms with Gasteiger partial charge in [0.05, 0.1) is 29.2 Å². The number of pyridine rings is 1. The fourth-order valence-electron chi connectivity index (χ4n) is 4.91. The molecule has 1 heterocycles. The number of rotatable bonds is 9. The lowest BCUT2D eigenvalue weighted by Crippen LogP contribution is -2.42. The molecular weight excluding hydrogens is 507 g/mol. The number of aromatic nitrogens is 1. The average molecular weight is 537 g/mol. The summed E-state index contributed by atoms with van der Waals surface area (Å²) in [4.78, 5) is 3.64. The Hall–Kier alpha value is -4.03. The number of nitrogens with one attached hydrogen (secondary N) is 1. The standard InChI is InChI=1S/C33H30ClFN4/c1-22(30(18-23-7-13-29(34)14-8-23)28-6-4-5-24(17-28)20-36)39-32(33(2,3)21-37)26-11-9-25(10-12-26)27-15-16-38-31(35)19-27/h4-17,19,22,30,32,39H,18H2,1-3H3/t22-,30?,32-/m0/s1. The Morgan fingerprint density at radius 1 is 0.923 bits per heavy atom. The Kier molecular flexibility index (Phi) is 8.77. The van der Waals surface area contributed by atoms with Crippen LogP contribution in [-0.4, -0.2) is 11.0 Å². The van der Waals surface area contributed by atoms with Gasteiger partial charge in [-0.05, 0) is 85.3 Å². The van der Waals surface area contributed by atoms with Crippen molar-refractivity contribution in [2.45, 2.75) is 45.2 Å². The quantitative estimate of drug-likeness (QED) is 0.220. The van der Waals surface area contributed by atoms with E-state index in [9.17, 15) is 14.9 Å². The third kappa shape index (κ3) is 6.89. The molecule has 0 aliphatic carbocycles. The summed E-state index contributed by atoms with van der Waals surface area (Å²) < 4.78 is 13.7. The molecule has 3 atom stereocenters. The number of nitrogens with zero attached hydrogens (tertiary/aromatic N) is 3. The van der Waals surface area contributed by atoms with Crippen LogP contribution in [-0.2, 0) is 6.42 Å². The van der Waals surface area contributed by atoms with Crippen LogP contribution in [0.25, 0.3) is 11.1 Å². The van der Waals surface area contributed by atoms with Crippen molar-refractivity contribution < 1.29 is 4.39 Å². The van der Waals surface area contributed by atoms with Gasteiger partial charge in [-0.2, -0.15) is 14.9 Å². The SMILES string of the molecule is C[C@H](N[C@@H](c1ccc(-c2ccnc(F)c2)cc1)C(C)(C)C#N)C(Cc1ccc(Cl)cc1)c1cccc(C#N)c1. The molecule has 3 aromatic carbocycles. The molecule has 1 aromatic heterocycles. The summed E-state index contributed by atoms with van der Waals surface area (Å²) in [6.45, 7) is 5.97. The minimum Gasteiger partial charge on any atom is -0.305 e. The van der Waals surface area contributed by atoms with Gasteiger partial charge in [-0.25, -0.2) is 4.98 Å². The molecule has 196 valence electrons. The molecule has 0 amide bonds. The van der Waals surface area contributed by atoms with E-state index in [1.807, 2.05) is 80.6 Å². The lowest BCUT2D eigenvalue weighted by atomic mass is 9.79. The van der Waals surface area contributed by atoms with Crippen LogP contribution in [0.4, 0.5) is 4.39 Å². The Morgan fingerprint density at radius 2 is 1.64 bits per heavy atom. The third-order valence-electron chi connectivity index (χ3n) is 7.16. The topological polar surface area (TPSA) is 72.5 Å². The molecule has 0 bridgehead atoms. The Balaban J connectivity index is 1.67. The summed E-state index contributed by atoms with van der Waals surface area (Å²) in [6.07, 6.45) is 2.18. The molecule has 6 heteroatoms. The van der Waals surface area contributed by atoms with Crippen LogP contribution in [0.2, 0.25) is 5.02 Å². The van der Waals surface area contributed by atoms with Gasteiger partial charge in [0.1, 0.15) is 0 Å². The van der Waals surface area contributed by atoms with Gasteiger partial charge in [0.25, 0.3) is 0 Å². The molecule has 0 saturated heterocycles. The van der Waals surface area contributed by atoms with Gasteiger partial charge < -0.3 is 5.32 Å². The second kappa shape index (κ2) is 12.2. The van der Waals surface area contributed by atoms with Gasteiger partial charge >= 0.3 is 0 Å². The molecule has 39 heavy (non-hydrogen) atoms. The highest BCUT2D eigenvalue weighted by molar-refractivity contribution is 6.30. The van der Waals surface area contributed by atoms with E-state index < -0.39 is 11.4 Å². The largest absolute Gasteiger partial charge is 0.305 e. The minimum atomic E-state index is -0.724. The number of hydrogen-bond acceptors (Lipinski definition) is 4. The zero-order valence-corrected chi connectivity index (χ0v) is 23.0. The predicted octanol–water partition coefficient (Wildman–Crippen LogP) is 8.01. The first-order chi connectivity index (χ1) is 18.7. The maximum absolute atomic E-state index is 13.7. The van der Waals surface area contributed by atoms with Gasteiger partial charge in [0.15, 0.2) is 0 Å². The molecule has 4 aromatic rings. The van der Waals surface area contributed by atoms with Crippen LogP contribution in [0.15, 0.2) is 91.1 Å². The highest BCUT2D eigenvalue weighted by atomic mass is 35.5. The van der Waals surface area contributed by atoms with Crippen LogP contribution in [0.5, 0.6) is 0 Å². The maximum Gasteiger partial charge on any atom is 0.213 e.